The number of nitrogens with one attached hydrogen (secondary N) is 1. The van der Waals surface area contributed by atoms with Crippen molar-refractivity contribution in [1.29, 1.82) is 0 Å². The van der Waals surface area contributed by atoms with Crippen LogP contribution in [0.3, 0.4) is 0 Å². The summed E-state index contributed by atoms with van der Waals surface area (Å²) in [4.78, 5) is 22.0. The van der Waals surface area contributed by atoms with Crippen LogP contribution in [0.4, 0.5) is 22.4 Å². The van der Waals surface area contributed by atoms with Crippen LogP contribution in [0.1, 0.15) is 11.1 Å². The lowest BCUT2D eigenvalue weighted by molar-refractivity contribution is -0.137. The van der Waals surface area contributed by atoms with Crippen molar-refractivity contribution in [3.63, 3.8) is 0 Å². The summed E-state index contributed by atoms with van der Waals surface area (Å²) in [6, 6.07) is 1.90. The highest BCUT2D eigenvalue weighted by molar-refractivity contribution is 8.18. The number of thioether (sulfide) groups is 1. The first-order valence-corrected chi connectivity index (χ1v) is 5.70. The molecule has 19 heavy (non-hydrogen) atoms. The van der Waals surface area contributed by atoms with Crippen LogP contribution in [-0.4, -0.2) is 11.1 Å². The Hall–Kier alpha value is -1.83. The van der Waals surface area contributed by atoms with E-state index in [1.807, 2.05) is 5.32 Å². The molecule has 2 amide bonds. The Morgan fingerprint density at radius 1 is 1.16 bits per heavy atom. The maximum Gasteiger partial charge on any atom is 0.416 e. The highest BCUT2D eigenvalue weighted by atomic mass is 32.2. The van der Waals surface area contributed by atoms with E-state index in [0.717, 1.165) is 12.1 Å². The molecule has 0 atom stereocenters. The number of imide groups is 1. The molecule has 0 spiro atoms. The molecule has 0 saturated carbocycles. The van der Waals surface area contributed by atoms with Crippen molar-refractivity contribution in [1.82, 2.24) is 5.32 Å². The van der Waals surface area contributed by atoms with Gasteiger partial charge in [-0.1, -0.05) is 0 Å². The smallest absolute Gasteiger partial charge is 0.282 e. The van der Waals surface area contributed by atoms with Gasteiger partial charge in [0.05, 0.1) is 10.5 Å². The second-order valence-corrected chi connectivity index (χ2v) is 4.64. The first-order valence-electron chi connectivity index (χ1n) is 4.88. The predicted octanol–water partition coefficient (Wildman–Crippen LogP) is 3.17. The Morgan fingerprint density at radius 3 is 2.37 bits per heavy atom. The molecule has 1 heterocycles. The van der Waals surface area contributed by atoms with Crippen LogP contribution in [0.25, 0.3) is 6.08 Å². The Balaban J connectivity index is 2.41. The lowest BCUT2D eigenvalue weighted by Crippen LogP contribution is -2.17. The minimum atomic E-state index is -4.68. The number of hydrogen-bond acceptors (Lipinski definition) is 3. The summed E-state index contributed by atoms with van der Waals surface area (Å²) in [5, 5.41) is 1.33. The highest BCUT2D eigenvalue weighted by Crippen LogP contribution is 2.32. The monoisotopic (exact) mass is 291 g/mol. The van der Waals surface area contributed by atoms with Crippen LogP contribution in [-0.2, 0) is 11.0 Å². The molecular weight excluding hydrogens is 286 g/mol. The third kappa shape index (κ3) is 3.14. The minimum absolute atomic E-state index is 0.0799. The summed E-state index contributed by atoms with van der Waals surface area (Å²) in [7, 11) is 0. The molecule has 0 radical (unpaired) electrons. The summed E-state index contributed by atoms with van der Waals surface area (Å²) < 4.78 is 50.5. The molecule has 1 aromatic carbocycles. The van der Waals surface area contributed by atoms with E-state index in [1.54, 1.807) is 0 Å². The summed E-state index contributed by atoms with van der Waals surface area (Å²) in [6.07, 6.45) is -3.65. The fourth-order valence-electron chi connectivity index (χ4n) is 1.43. The van der Waals surface area contributed by atoms with E-state index in [2.05, 4.69) is 0 Å². The number of hydrogen-bond donors (Lipinski definition) is 1. The lowest BCUT2D eigenvalue weighted by atomic mass is 10.1. The molecule has 1 saturated heterocycles. The second kappa shape index (κ2) is 4.69. The molecule has 2 rings (SSSR count). The van der Waals surface area contributed by atoms with Gasteiger partial charge >= 0.3 is 6.18 Å². The van der Waals surface area contributed by atoms with Gasteiger partial charge in [-0.2, -0.15) is 13.2 Å². The Bertz CT molecular complexity index is 595. The molecule has 8 heteroatoms. The van der Waals surface area contributed by atoms with Gasteiger partial charge in [-0.05, 0) is 41.6 Å². The lowest BCUT2D eigenvalue weighted by Gasteiger charge is -2.07. The highest BCUT2D eigenvalue weighted by Gasteiger charge is 2.31. The van der Waals surface area contributed by atoms with Gasteiger partial charge in [-0.25, -0.2) is 4.39 Å². The minimum Gasteiger partial charge on any atom is -0.282 e. The van der Waals surface area contributed by atoms with Crippen LogP contribution < -0.4 is 5.32 Å². The zero-order valence-corrected chi connectivity index (χ0v) is 9.86. The van der Waals surface area contributed by atoms with E-state index in [1.165, 1.54) is 0 Å². The standard InChI is InChI=1S/C11H5F4NO2S/c12-7-2-5(1-6(4-7)11(13,14)15)3-8-9(17)16-10(18)19-8/h1-4H,(H,16,17,18). The first kappa shape index (κ1) is 13.6. The van der Waals surface area contributed by atoms with E-state index >= 15 is 0 Å². The summed E-state index contributed by atoms with van der Waals surface area (Å²) in [6.45, 7) is 0. The zero-order valence-electron chi connectivity index (χ0n) is 9.05. The summed E-state index contributed by atoms with van der Waals surface area (Å²) in [5.74, 6) is -1.79. The summed E-state index contributed by atoms with van der Waals surface area (Å²) in [5.41, 5.74) is -1.30. The van der Waals surface area contributed by atoms with Crippen molar-refractivity contribution in [2.24, 2.45) is 0 Å². The van der Waals surface area contributed by atoms with Gasteiger partial charge in [-0.3, -0.25) is 14.9 Å². The number of amides is 2. The number of rotatable bonds is 1. The number of halogens is 4. The van der Waals surface area contributed by atoms with Gasteiger partial charge in [0, 0.05) is 0 Å². The third-order valence-electron chi connectivity index (χ3n) is 2.19. The van der Waals surface area contributed by atoms with Crippen LogP contribution in [0.2, 0.25) is 0 Å². The SMILES string of the molecule is O=C1NC(=O)C(=Cc2cc(F)cc(C(F)(F)F)c2)S1. The van der Waals surface area contributed by atoms with Gasteiger partial charge in [0.1, 0.15) is 5.82 Å². The molecule has 3 nitrogen and oxygen atoms in total. The van der Waals surface area contributed by atoms with Crippen molar-refractivity contribution in [2.75, 3.05) is 0 Å². The average Bonchev–Trinajstić information content (AvgIpc) is 2.55. The van der Waals surface area contributed by atoms with Crippen molar-refractivity contribution in [3.05, 3.63) is 40.0 Å². The zero-order chi connectivity index (χ0) is 14.2. The van der Waals surface area contributed by atoms with E-state index in [-0.39, 0.29) is 10.5 Å². The quantitative estimate of drug-likeness (QED) is 0.638. The van der Waals surface area contributed by atoms with Crippen LogP contribution in [0, 0.1) is 5.82 Å². The molecule has 100 valence electrons. The molecule has 1 aliphatic heterocycles. The van der Waals surface area contributed by atoms with Crippen LogP contribution in [0.15, 0.2) is 23.1 Å². The molecule has 0 bridgehead atoms. The van der Waals surface area contributed by atoms with Crippen molar-refractivity contribution >= 4 is 29.0 Å². The normalized spacial score (nSPS) is 18.0. The average molecular weight is 291 g/mol. The third-order valence-corrected chi connectivity index (χ3v) is 3.00. The van der Waals surface area contributed by atoms with E-state index in [9.17, 15) is 27.2 Å². The molecule has 0 unspecified atom stereocenters. The molecular formula is C11H5F4NO2S. The van der Waals surface area contributed by atoms with Crippen molar-refractivity contribution in [3.8, 4) is 0 Å². The van der Waals surface area contributed by atoms with E-state index in [4.69, 9.17) is 0 Å². The van der Waals surface area contributed by atoms with Crippen molar-refractivity contribution < 1.29 is 27.2 Å². The number of alkyl halides is 3. The predicted molar refractivity (Wildman–Crippen MR) is 60.5 cm³/mol. The van der Waals surface area contributed by atoms with Crippen molar-refractivity contribution in [2.45, 2.75) is 6.18 Å². The van der Waals surface area contributed by atoms with Gasteiger partial charge in [0.2, 0.25) is 0 Å². The van der Waals surface area contributed by atoms with E-state index < -0.39 is 28.7 Å². The topological polar surface area (TPSA) is 46.2 Å². The number of benzene rings is 1. The number of carbonyl (C=O) groups excluding carboxylic acids is 2. The fraction of sp³-hybridized carbons (Fsp3) is 0.0909. The molecule has 0 aliphatic carbocycles. The number of carbonyl (C=O) groups is 2. The molecule has 0 aromatic heterocycles. The fourth-order valence-corrected chi connectivity index (χ4v) is 2.11. The molecule has 1 aliphatic rings. The largest absolute Gasteiger partial charge is 0.416 e. The van der Waals surface area contributed by atoms with E-state index in [0.29, 0.717) is 23.9 Å². The summed E-state index contributed by atoms with van der Waals surface area (Å²) >= 11 is 0.546. The van der Waals surface area contributed by atoms with Gasteiger partial charge in [0.25, 0.3) is 11.1 Å². The van der Waals surface area contributed by atoms with Crippen LogP contribution in [0.5, 0.6) is 0 Å². The molecule has 1 aromatic rings. The Labute approximate surface area is 108 Å². The van der Waals surface area contributed by atoms with Gasteiger partial charge in [0.15, 0.2) is 0 Å². The maximum absolute atomic E-state index is 13.1. The molecule has 1 fully saturated rings. The second-order valence-electron chi connectivity index (χ2n) is 3.62. The maximum atomic E-state index is 13.1. The Morgan fingerprint density at radius 2 is 1.84 bits per heavy atom. The van der Waals surface area contributed by atoms with Gasteiger partial charge in [-0.15, -0.1) is 0 Å². The van der Waals surface area contributed by atoms with Gasteiger partial charge < -0.3 is 0 Å². The first-order chi connectivity index (χ1) is 8.75. The molecule has 1 N–H and O–H groups in total. The Kier molecular flexibility index (Phi) is 3.36. The van der Waals surface area contributed by atoms with Crippen LogP contribution >= 0.6 is 11.8 Å².